The summed E-state index contributed by atoms with van der Waals surface area (Å²) in [5.74, 6) is 0. The molecule has 0 aliphatic heterocycles. The van der Waals surface area contributed by atoms with Crippen molar-refractivity contribution in [2.24, 2.45) is 7.05 Å². The van der Waals surface area contributed by atoms with Crippen molar-refractivity contribution in [1.29, 1.82) is 0 Å². The number of rotatable bonds is 3. The minimum atomic E-state index is 0.588. The van der Waals surface area contributed by atoms with E-state index in [0.29, 0.717) is 17.1 Å². The fraction of sp³-hybridized carbons (Fsp3) is 0.200. The molecule has 0 aliphatic rings. The van der Waals surface area contributed by atoms with Gasteiger partial charge in [0.2, 0.25) is 0 Å². The second-order valence-electron chi connectivity index (χ2n) is 4.82. The molecule has 0 spiro atoms. The molecule has 1 aromatic carbocycles. The van der Waals surface area contributed by atoms with Crippen molar-refractivity contribution < 1.29 is 4.79 Å². The van der Waals surface area contributed by atoms with Crippen molar-refractivity contribution in [2.45, 2.75) is 13.5 Å². The van der Waals surface area contributed by atoms with Crippen molar-refractivity contribution in [3.8, 4) is 0 Å². The van der Waals surface area contributed by atoms with Crippen LogP contribution in [0.3, 0.4) is 0 Å². The number of carbonyl (C=O) groups is 1. The van der Waals surface area contributed by atoms with Gasteiger partial charge in [-0.3, -0.25) is 9.48 Å². The average Bonchev–Trinajstić information content (AvgIpc) is 2.92. The summed E-state index contributed by atoms with van der Waals surface area (Å²) >= 11 is 6.29. The highest BCUT2D eigenvalue weighted by molar-refractivity contribution is 6.31. The first-order chi connectivity index (χ1) is 9.61. The third kappa shape index (κ3) is 1.93. The molecule has 4 nitrogen and oxygen atoms in total. The van der Waals surface area contributed by atoms with Crippen molar-refractivity contribution in [2.75, 3.05) is 0 Å². The van der Waals surface area contributed by atoms with Gasteiger partial charge in [-0.15, -0.1) is 0 Å². The van der Waals surface area contributed by atoms with E-state index in [9.17, 15) is 4.79 Å². The molecular weight excluding hydrogens is 274 g/mol. The van der Waals surface area contributed by atoms with Gasteiger partial charge in [0.15, 0.2) is 6.29 Å². The summed E-state index contributed by atoms with van der Waals surface area (Å²) in [6.45, 7) is 2.47. The van der Waals surface area contributed by atoms with Crippen molar-refractivity contribution in [1.82, 2.24) is 14.3 Å². The smallest absolute Gasteiger partial charge is 0.152 e. The van der Waals surface area contributed by atoms with Crippen LogP contribution in [-0.2, 0) is 13.6 Å². The monoisotopic (exact) mass is 287 g/mol. The zero-order valence-corrected chi connectivity index (χ0v) is 12.1. The molecule has 0 saturated carbocycles. The summed E-state index contributed by atoms with van der Waals surface area (Å²) in [5.41, 5.74) is 3.46. The van der Waals surface area contributed by atoms with Crippen LogP contribution in [-0.4, -0.2) is 20.6 Å². The van der Waals surface area contributed by atoms with E-state index >= 15 is 0 Å². The number of fused-ring (bicyclic) bond motifs is 1. The predicted molar refractivity (Wildman–Crippen MR) is 79.4 cm³/mol. The molecule has 0 radical (unpaired) electrons. The minimum absolute atomic E-state index is 0.588. The van der Waals surface area contributed by atoms with E-state index in [2.05, 4.69) is 5.10 Å². The lowest BCUT2D eigenvalue weighted by molar-refractivity contribution is 0.112. The Morgan fingerprint density at radius 1 is 1.35 bits per heavy atom. The van der Waals surface area contributed by atoms with E-state index < -0.39 is 0 Å². The summed E-state index contributed by atoms with van der Waals surface area (Å²) in [6.07, 6.45) is 2.74. The van der Waals surface area contributed by atoms with Crippen LogP contribution in [0.5, 0.6) is 0 Å². The van der Waals surface area contributed by atoms with Crippen LogP contribution in [0.2, 0.25) is 5.02 Å². The first-order valence-electron chi connectivity index (χ1n) is 6.33. The van der Waals surface area contributed by atoms with Gasteiger partial charge < -0.3 is 4.57 Å². The third-order valence-corrected chi connectivity index (χ3v) is 4.02. The molecule has 0 bridgehead atoms. The van der Waals surface area contributed by atoms with E-state index in [4.69, 9.17) is 11.6 Å². The maximum atomic E-state index is 11.2. The van der Waals surface area contributed by atoms with Crippen LogP contribution in [0.25, 0.3) is 10.9 Å². The molecule has 20 heavy (non-hydrogen) atoms. The lowest BCUT2D eigenvalue weighted by atomic mass is 10.2. The highest BCUT2D eigenvalue weighted by Gasteiger charge is 2.14. The van der Waals surface area contributed by atoms with E-state index in [1.165, 1.54) is 0 Å². The molecule has 0 fully saturated rings. The molecule has 0 unspecified atom stereocenters. The molecule has 5 heteroatoms. The number of carbonyl (C=O) groups excluding carboxylic acids is 1. The summed E-state index contributed by atoms with van der Waals surface area (Å²) in [6, 6.07) is 7.84. The van der Waals surface area contributed by atoms with Gasteiger partial charge in [0.05, 0.1) is 23.0 Å². The Morgan fingerprint density at radius 3 is 2.75 bits per heavy atom. The third-order valence-electron chi connectivity index (χ3n) is 3.53. The fourth-order valence-corrected chi connectivity index (χ4v) is 2.73. The Labute approximate surface area is 121 Å². The molecule has 0 atom stereocenters. The molecule has 2 heterocycles. The van der Waals surface area contributed by atoms with Gasteiger partial charge in [-0.05, 0) is 13.0 Å². The van der Waals surface area contributed by atoms with Crippen LogP contribution in [0.1, 0.15) is 21.7 Å². The summed E-state index contributed by atoms with van der Waals surface area (Å²) in [4.78, 5) is 11.2. The van der Waals surface area contributed by atoms with Crippen LogP contribution >= 0.6 is 11.6 Å². The zero-order chi connectivity index (χ0) is 14.3. The fourth-order valence-electron chi connectivity index (χ4n) is 2.51. The zero-order valence-electron chi connectivity index (χ0n) is 11.3. The van der Waals surface area contributed by atoms with Crippen LogP contribution in [0.4, 0.5) is 0 Å². The van der Waals surface area contributed by atoms with Crippen LogP contribution < -0.4 is 0 Å². The van der Waals surface area contributed by atoms with E-state index in [1.54, 1.807) is 4.68 Å². The van der Waals surface area contributed by atoms with Crippen molar-refractivity contribution in [3.05, 3.63) is 52.4 Å². The Hall–Kier alpha value is -2.07. The molecule has 2 aromatic heterocycles. The molecule has 0 N–H and O–H groups in total. The normalized spacial score (nSPS) is 11.2. The SMILES string of the molecule is Cc1nn(C)c(Cn2cc(C=O)c3ccccc32)c1Cl. The molecule has 0 aliphatic carbocycles. The van der Waals surface area contributed by atoms with E-state index in [-0.39, 0.29) is 0 Å². The van der Waals surface area contributed by atoms with Crippen LogP contribution in [0.15, 0.2) is 30.5 Å². The minimum Gasteiger partial charge on any atom is -0.341 e. The molecule has 102 valence electrons. The Kier molecular flexibility index (Phi) is 3.10. The molecular formula is C15H14ClN3O. The maximum absolute atomic E-state index is 11.2. The van der Waals surface area contributed by atoms with Gasteiger partial charge in [0.25, 0.3) is 0 Å². The second-order valence-corrected chi connectivity index (χ2v) is 5.20. The number of hydrogen-bond donors (Lipinski definition) is 0. The Balaban J connectivity index is 2.13. The van der Waals surface area contributed by atoms with Gasteiger partial charge >= 0.3 is 0 Å². The highest BCUT2D eigenvalue weighted by atomic mass is 35.5. The first kappa shape index (κ1) is 12.9. The number of halogens is 1. The Morgan fingerprint density at radius 2 is 2.10 bits per heavy atom. The number of aldehydes is 1. The largest absolute Gasteiger partial charge is 0.341 e. The highest BCUT2D eigenvalue weighted by Crippen LogP contribution is 2.24. The molecule has 0 saturated heterocycles. The van der Waals surface area contributed by atoms with Crippen molar-refractivity contribution >= 4 is 28.8 Å². The molecule has 3 rings (SSSR count). The molecule has 3 aromatic rings. The predicted octanol–water partition coefficient (Wildman–Crippen LogP) is 3.20. The summed E-state index contributed by atoms with van der Waals surface area (Å²) < 4.78 is 3.81. The Bertz CT molecular complexity index is 801. The number of aryl methyl sites for hydroxylation is 2. The maximum Gasteiger partial charge on any atom is 0.152 e. The van der Waals surface area contributed by atoms with Gasteiger partial charge in [0, 0.05) is 29.7 Å². The quantitative estimate of drug-likeness (QED) is 0.694. The molecule has 0 amide bonds. The topological polar surface area (TPSA) is 39.8 Å². The first-order valence-corrected chi connectivity index (χ1v) is 6.70. The van der Waals surface area contributed by atoms with Crippen molar-refractivity contribution in [3.63, 3.8) is 0 Å². The number of benzene rings is 1. The van der Waals surface area contributed by atoms with Gasteiger partial charge in [-0.1, -0.05) is 29.8 Å². The lowest BCUT2D eigenvalue weighted by Gasteiger charge is -2.06. The van der Waals surface area contributed by atoms with E-state index in [1.807, 2.05) is 49.0 Å². The van der Waals surface area contributed by atoms with Gasteiger partial charge in [-0.25, -0.2) is 0 Å². The number of hydrogen-bond acceptors (Lipinski definition) is 2. The van der Waals surface area contributed by atoms with E-state index in [0.717, 1.165) is 28.6 Å². The van der Waals surface area contributed by atoms with Gasteiger partial charge in [0.1, 0.15) is 0 Å². The average molecular weight is 288 g/mol. The second kappa shape index (κ2) is 4.80. The number of nitrogens with zero attached hydrogens (tertiary/aromatic N) is 3. The lowest BCUT2D eigenvalue weighted by Crippen LogP contribution is -2.05. The number of aromatic nitrogens is 3. The summed E-state index contributed by atoms with van der Waals surface area (Å²) in [5, 5.41) is 5.95. The summed E-state index contributed by atoms with van der Waals surface area (Å²) in [7, 11) is 1.88. The van der Waals surface area contributed by atoms with Gasteiger partial charge in [-0.2, -0.15) is 5.10 Å². The standard InChI is InChI=1S/C15H14ClN3O/c1-10-15(16)14(18(2)17-10)8-19-7-11(9-20)12-5-3-4-6-13(12)19/h3-7,9H,8H2,1-2H3. The number of para-hydroxylation sites is 1. The van der Waals surface area contributed by atoms with Crippen LogP contribution in [0, 0.1) is 6.92 Å².